The molecule has 0 spiro atoms. The van der Waals surface area contributed by atoms with Gasteiger partial charge in [0.1, 0.15) is 11.4 Å². The van der Waals surface area contributed by atoms with Gasteiger partial charge < -0.3 is 20.1 Å². The van der Waals surface area contributed by atoms with Crippen LogP contribution in [0.4, 0.5) is 0 Å². The quantitative estimate of drug-likeness (QED) is 0.502. The van der Waals surface area contributed by atoms with E-state index in [2.05, 4.69) is 5.32 Å². The van der Waals surface area contributed by atoms with E-state index in [9.17, 15) is 14.4 Å². The molecule has 0 aromatic heterocycles. The predicted molar refractivity (Wildman–Crippen MR) is 115 cm³/mol. The summed E-state index contributed by atoms with van der Waals surface area (Å²) in [6, 6.07) is 7.35. The number of carbonyl (C=O) groups is 3. The molecular weight excluding hydrogens is 406 g/mol. The summed E-state index contributed by atoms with van der Waals surface area (Å²) in [7, 11) is 1.58. The highest BCUT2D eigenvalue weighted by atomic mass is 32.1. The Hall–Kier alpha value is -2.94. The van der Waals surface area contributed by atoms with Gasteiger partial charge in [-0.25, -0.2) is 0 Å². The third-order valence-electron chi connectivity index (χ3n) is 5.34. The van der Waals surface area contributed by atoms with Gasteiger partial charge in [0.2, 0.25) is 5.91 Å². The number of rotatable bonds is 7. The van der Waals surface area contributed by atoms with Crippen molar-refractivity contribution in [2.45, 2.75) is 25.7 Å². The summed E-state index contributed by atoms with van der Waals surface area (Å²) in [5, 5.41) is 12.3. The number of nitrogens with zero attached hydrogens (tertiary/aromatic N) is 2. The minimum atomic E-state index is -0.798. The van der Waals surface area contributed by atoms with Gasteiger partial charge in [-0.2, -0.15) is 0 Å². The second-order valence-electron chi connectivity index (χ2n) is 7.32. The third kappa shape index (κ3) is 5.15. The molecule has 2 heterocycles. The molecule has 160 valence electrons. The Bertz CT molecular complexity index is 877. The molecule has 3 rings (SSSR count). The normalized spacial score (nSPS) is 18.6. The van der Waals surface area contributed by atoms with E-state index >= 15 is 0 Å². The van der Waals surface area contributed by atoms with Gasteiger partial charge >= 0.3 is 5.97 Å². The van der Waals surface area contributed by atoms with Gasteiger partial charge in [-0.1, -0.05) is 12.1 Å². The monoisotopic (exact) mass is 431 g/mol. The molecule has 2 aliphatic heterocycles. The largest absolute Gasteiger partial charge is 0.497 e. The van der Waals surface area contributed by atoms with Crippen LogP contribution in [0.25, 0.3) is 6.08 Å². The lowest BCUT2D eigenvalue weighted by atomic mass is 9.97. The second kappa shape index (κ2) is 9.71. The van der Waals surface area contributed by atoms with Crippen molar-refractivity contribution in [3.63, 3.8) is 0 Å². The molecule has 1 aromatic rings. The van der Waals surface area contributed by atoms with Crippen molar-refractivity contribution in [1.82, 2.24) is 15.1 Å². The number of benzene rings is 1. The van der Waals surface area contributed by atoms with Crippen molar-refractivity contribution >= 4 is 41.2 Å². The highest BCUT2D eigenvalue weighted by Crippen LogP contribution is 2.20. The average Bonchev–Trinajstić information content (AvgIpc) is 3.01. The summed E-state index contributed by atoms with van der Waals surface area (Å²) in [5.74, 6) is -0.711. The maximum absolute atomic E-state index is 12.7. The number of hydrogen-bond acceptors (Lipinski definition) is 5. The number of likely N-dealkylation sites (tertiary alicyclic amines) is 1. The first-order valence-corrected chi connectivity index (χ1v) is 10.3. The zero-order chi connectivity index (χ0) is 21.7. The highest BCUT2D eigenvalue weighted by molar-refractivity contribution is 7.80. The van der Waals surface area contributed by atoms with Crippen molar-refractivity contribution in [2.24, 2.45) is 5.92 Å². The number of carbonyl (C=O) groups excluding carboxylic acids is 2. The summed E-state index contributed by atoms with van der Waals surface area (Å²) in [6.45, 7) is 1.27. The molecule has 30 heavy (non-hydrogen) atoms. The molecule has 0 atom stereocenters. The fourth-order valence-electron chi connectivity index (χ4n) is 3.60. The summed E-state index contributed by atoms with van der Waals surface area (Å²) in [6.07, 6.45) is 3.46. The zero-order valence-corrected chi connectivity index (χ0v) is 17.6. The number of methoxy groups -OCH3 is 1. The Morgan fingerprint density at radius 1 is 1.33 bits per heavy atom. The van der Waals surface area contributed by atoms with E-state index in [0.717, 1.165) is 5.56 Å². The van der Waals surface area contributed by atoms with E-state index in [1.807, 2.05) is 24.3 Å². The molecule has 0 aliphatic carbocycles. The van der Waals surface area contributed by atoms with Gasteiger partial charge in [0, 0.05) is 26.1 Å². The SMILES string of the molecule is COc1cccc(/C=C2\NC(=S)N(CCCC(=O)N3CCC(C(=O)O)CC3)C2=O)c1. The topological polar surface area (TPSA) is 99.2 Å². The van der Waals surface area contributed by atoms with Crippen LogP contribution in [-0.2, 0) is 14.4 Å². The number of hydrogen-bond donors (Lipinski definition) is 2. The molecule has 2 fully saturated rings. The first-order chi connectivity index (χ1) is 14.4. The van der Waals surface area contributed by atoms with Crippen LogP contribution in [0.3, 0.4) is 0 Å². The molecule has 0 radical (unpaired) electrons. The standard InChI is InChI=1S/C21H25N3O5S/c1-29-16-5-2-4-14(12-16)13-17-19(26)24(21(30)22-17)9-3-6-18(25)23-10-7-15(8-11-23)20(27)28/h2,4-5,12-13,15H,3,6-11H2,1H3,(H,22,30)(H,27,28)/b17-13-. The van der Waals surface area contributed by atoms with Crippen LogP contribution in [0.5, 0.6) is 5.75 Å². The number of ether oxygens (including phenoxy) is 1. The molecule has 0 bridgehead atoms. The molecule has 8 nitrogen and oxygen atoms in total. The second-order valence-corrected chi connectivity index (χ2v) is 7.71. The Morgan fingerprint density at radius 3 is 2.73 bits per heavy atom. The molecule has 2 aliphatic rings. The lowest BCUT2D eigenvalue weighted by Gasteiger charge is -2.30. The van der Waals surface area contributed by atoms with Gasteiger partial charge in [-0.05, 0) is 55.3 Å². The Morgan fingerprint density at radius 2 is 2.07 bits per heavy atom. The van der Waals surface area contributed by atoms with Gasteiger partial charge in [-0.3, -0.25) is 19.3 Å². The summed E-state index contributed by atoms with van der Waals surface area (Å²) >= 11 is 5.28. The minimum Gasteiger partial charge on any atom is -0.497 e. The van der Waals surface area contributed by atoms with Crippen LogP contribution in [-0.4, -0.2) is 64.5 Å². The summed E-state index contributed by atoms with van der Waals surface area (Å²) in [4.78, 5) is 39.2. The van der Waals surface area contributed by atoms with Crippen molar-refractivity contribution in [3.05, 3.63) is 35.5 Å². The van der Waals surface area contributed by atoms with E-state index in [4.69, 9.17) is 22.1 Å². The molecular formula is C21H25N3O5S. The lowest BCUT2D eigenvalue weighted by Crippen LogP contribution is -2.40. The fourth-order valence-corrected chi connectivity index (χ4v) is 3.88. The molecule has 9 heteroatoms. The maximum Gasteiger partial charge on any atom is 0.306 e. The van der Waals surface area contributed by atoms with E-state index in [1.165, 1.54) is 4.90 Å². The van der Waals surface area contributed by atoms with Crippen molar-refractivity contribution in [2.75, 3.05) is 26.7 Å². The molecule has 0 unspecified atom stereocenters. The molecule has 2 amide bonds. The Balaban J connectivity index is 1.50. The first-order valence-electron chi connectivity index (χ1n) is 9.88. The van der Waals surface area contributed by atoms with E-state index in [0.29, 0.717) is 61.9 Å². The number of amides is 2. The van der Waals surface area contributed by atoms with Gasteiger partial charge in [0.05, 0.1) is 13.0 Å². The van der Waals surface area contributed by atoms with Gasteiger partial charge in [-0.15, -0.1) is 0 Å². The smallest absolute Gasteiger partial charge is 0.306 e. The van der Waals surface area contributed by atoms with Crippen LogP contribution in [0.2, 0.25) is 0 Å². The van der Waals surface area contributed by atoms with Crippen LogP contribution in [0.15, 0.2) is 30.0 Å². The number of piperidine rings is 1. The van der Waals surface area contributed by atoms with E-state index in [-0.39, 0.29) is 17.7 Å². The molecule has 1 aromatic carbocycles. The van der Waals surface area contributed by atoms with Crippen molar-refractivity contribution in [3.8, 4) is 5.75 Å². The maximum atomic E-state index is 12.7. The Labute approximate surface area is 180 Å². The van der Waals surface area contributed by atoms with Crippen LogP contribution < -0.4 is 10.1 Å². The number of nitrogens with one attached hydrogen (secondary N) is 1. The van der Waals surface area contributed by atoms with E-state index < -0.39 is 5.97 Å². The number of carboxylic acid groups (broad SMARTS) is 1. The van der Waals surface area contributed by atoms with Crippen LogP contribution in [0.1, 0.15) is 31.2 Å². The van der Waals surface area contributed by atoms with Crippen LogP contribution in [0, 0.1) is 5.92 Å². The lowest BCUT2D eigenvalue weighted by molar-refractivity contribution is -0.145. The number of carboxylic acids is 1. The average molecular weight is 432 g/mol. The van der Waals surface area contributed by atoms with Gasteiger partial charge in [0.25, 0.3) is 5.91 Å². The van der Waals surface area contributed by atoms with Crippen molar-refractivity contribution in [1.29, 1.82) is 0 Å². The van der Waals surface area contributed by atoms with Gasteiger partial charge in [0.15, 0.2) is 5.11 Å². The molecule has 2 saturated heterocycles. The summed E-state index contributed by atoms with van der Waals surface area (Å²) < 4.78 is 5.20. The number of thiocarbonyl (C=S) groups is 1. The first kappa shape index (κ1) is 21.8. The van der Waals surface area contributed by atoms with E-state index in [1.54, 1.807) is 18.1 Å². The molecule has 2 N–H and O–H groups in total. The zero-order valence-electron chi connectivity index (χ0n) is 16.8. The van der Waals surface area contributed by atoms with Crippen LogP contribution >= 0.6 is 12.2 Å². The third-order valence-corrected chi connectivity index (χ3v) is 5.66. The fraction of sp³-hybridized carbons (Fsp3) is 0.429. The molecule has 0 saturated carbocycles. The Kier molecular flexibility index (Phi) is 7.04. The summed E-state index contributed by atoms with van der Waals surface area (Å²) in [5.41, 5.74) is 1.20. The predicted octanol–water partition coefficient (Wildman–Crippen LogP) is 1.86. The number of aliphatic carboxylic acids is 1. The highest BCUT2D eigenvalue weighted by Gasteiger charge is 2.31. The van der Waals surface area contributed by atoms with Crippen molar-refractivity contribution < 1.29 is 24.2 Å². The minimum absolute atomic E-state index is 0.0171.